The smallest absolute Gasteiger partial charge is 0.309 e. The lowest BCUT2D eigenvalue weighted by Crippen LogP contribution is -2.35. The largest absolute Gasteiger partial charge is 0.618 e. The molecule has 1 aromatic heterocycles. The highest BCUT2D eigenvalue weighted by Gasteiger charge is 2.26. The summed E-state index contributed by atoms with van der Waals surface area (Å²) in [6.45, 7) is 0. The molecule has 1 heterocycles. The van der Waals surface area contributed by atoms with Gasteiger partial charge in [0.1, 0.15) is 5.75 Å². The van der Waals surface area contributed by atoms with Crippen molar-refractivity contribution in [3.05, 3.63) is 65.5 Å². The Kier molecular flexibility index (Phi) is 3.62. The van der Waals surface area contributed by atoms with Crippen molar-refractivity contribution in [2.24, 2.45) is 0 Å². The number of aromatic nitrogens is 1. The fraction of sp³-hybridized carbons (Fsp3) is 0.0769. The molecule has 0 N–H and O–H groups in total. The van der Waals surface area contributed by atoms with Crippen LogP contribution in [0.3, 0.4) is 0 Å². The van der Waals surface area contributed by atoms with E-state index < -0.39 is 26.4 Å². The maximum Gasteiger partial charge on any atom is 0.309 e. The van der Waals surface area contributed by atoms with E-state index in [4.69, 9.17) is 0 Å². The van der Waals surface area contributed by atoms with E-state index in [2.05, 4.69) is 0 Å². The number of hydrogen-bond donors (Lipinski definition) is 0. The highest BCUT2D eigenvalue weighted by molar-refractivity contribution is 7.92. The average molecular weight is 277 g/mol. The Morgan fingerprint density at radius 3 is 2.32 bits per heavy atom. The molecule has 0 spiro atoms. The van der Waals surface area contributed by atoms with Gasteiger partial charge in [-0.15, -0.1) is 0 Å². The van der Waals surface area contributed by atoms with E-state index in [-0.39, 0.29) is 4.73 Å². The quantitative estimate of drug-likeness (QED) is 0.474. The van der Waals surface area contributed by atoms with E-state index in [1.54, 1.807) is 18.2 Å². The molecule has 2 rings (SSSR count). The third kappa shape index (κ3) is 2.97. The molecule has 0 bridgehead atoms. The molecule has 0 saturated carbocycles. The Morgan fingerprint density at radius 2 is 1.68 bits per heavy atom. The lowest BCUT2D eigenvalue weighted by Gasteiger charge is -2.04. The van der Waals surface area contributed by atoms with Crippen LogP contribution in [0.1, 0.15) is 10.4 Å². The molecule has 19 heavy (non-hydrogen) atoms. The Bertz CT molecular complexity index is 696. The van der Waals surface area contributed by atoms with Gasteiger partial charge in [-0.25, -0.2) is 8.42 Å². The third-order valence-corrected chi connectivity index (χ3v) is 4.12. The second-order valence-electron chi connectivity index (χ2n) is 3.91. The van der Waals surface area contributed by atoms with Crippen LogP contribution in [0, 0.1) is 5.21 Å². The van der Waals surface area contributed by atoms with Crippen molar-refractivity contribution >= 4 is 15.6 Å². The number of pyridine rings is 1. The summed E-state index contributed by atoms with van der Waals surface area (Å²) in [5.74, 6) is -1.26. The molecule has 2 aromatic rings. The molecule has 0 amide bonds. The normalized spacial score (nSPS) is 11.2. The van der Waals surface area contributed by atoms with Crippen LogP contribution in [-0.2, 0) is 9.84 Å². The van der Waals surface area contributed by atoms with Gasteiger partial charge in [0.25, 0.3) is 0 Å². The first-order valence-corrected chi connectivity index (χ1v) is 7.15. The summed E-state index contributed by atoms with van der Waals surface area (Å²) >= 11 is 0. The molecule has 0 atom stereocenters. The summed E-state index contributed by atoms with van der Waals surface area (Å²) in [5.41, 5.74) is 0.305. The second kappa shape index (κ2) is 5.19. The minimum absolute atomic E-state index is 0.244. The number of rotatable bonds is 4. The van der Waals surface area contributed by atoms with E-state index in [1.807, 2.05) is 0 Å². The van der Waals surface area contributed by atoms with E-state index in [0.29, 0.717) is 5.56 Å². The summed E-state index contributed by atoms with van der Waals surface area (Å²) < 4.78 is 24.2. The van der Waals surface area contributed by atoms with Crippen molar-refractivity contribution in [3.63, 3.8) is 0 Å². The van der Waals surface area contributed by atoms with E-state index in [0.717, 1.165) is 6.20 Å². The minimum atomic E-state index is -3.94. The van der Waals surface area contributed by atoms with Gasteiger partial charge in [-0.1, -0.05) is 30.3 Å². The average Bonchev–Trinajstić information content (AvgIpc) is 2.39. The standard InChI is InChI=1S/C13H11NO4S/c15-12(11-6-2-1-3-7-11)10-19(17,18)13-8-4-5-9-14(13)16/h1-9H,10H2. The molecule has 5 nitrogen and oxygen atoms in total. The van der Waals surface area contributed by atoms with E-state index in [1.165, 1.54) is 30.3 Å². The Labute approximate surface area is 110 Å². The molecule has 98 valence electrons. The molecule has 0 aliphatic rings. The fourth-order valence-electron chi connectivity index (χ4n) is 1.61. The number of carbonyl (C=O) groups excluding carboxylic acids is 1. The van der Waals surface area contributed by atoms with Crippen LogP contribution in [0.4, 0.5) is 0 Å². The maximum atomic E-state index is 12.0. The van der Waals surface area contributed by atoms with Crippen LogP contribution in [0.15, 0.2) is 59.8 Å². The van der Waals surface area contributed by atoms with Crippen molar-refractivity contribution in [1.29, 1.82) is 0 Å². The number of Topliss-reactive ketones (excluding diaryl/α,β-unsaturated/α-hetero) is 1. The number of nitrogens with zero attached hydrogens (tertiary/aromatic N) is 1. The van der Waals surface area contributed by atoms with Gasteiger partial charge in [0, 0.05) is 17.7 Å². The minimum Gasteiger partial charge on any atom is -0.618 e. The highest BCUT2D eigenvalue weighted by Crippen LogP contribution is 2.09. The lowest BCUT2D eigenvalue weighted by molar-refractivity contribution is -0.646. The van der Waals surface area contributed by atoms with E-state index in [9.17, 15) is 18.4 Å². The van der Waals surface area contributed by atoms with Crippen LogP contribution < -0.4 is 4.73 Å². The van der Waals surface area contributed by atoms with Gasteiger partial charge in [0.2, 0.25) is 9.84 Å². The fourth-order valence-corrected chi connectivity index (χ4v) is 2.89. The van der Waals surface area contributed by atoms with Crippen LogP contribution in [0.5, 0.6) is 0 Å². The molecule has 0 radical (unpaired) electrons. The SMILES string of the molecule is O=C(CS(=O)(=O)c1cccc[n+]1[O-])c1ccccc1. The topological polar surface area (TPSA) is 78.2 Å². The zero-order valence-corrected chi connectivity index (χ0v) is 10.7. The summed E-state index contributed by atoms with van der Waals surface area (Å²) in [5, 5.41) is 11.0. The molecule has 0 fully saturated rings. The van der Waals surface area contributed by atoms with Crippen LogP contribution in [0.2, 0.25) is 0 Å². The maximum absolute atomic E-state index is 12.0. The van der Waals surface area contributed by atoms with Gasteiger partial charge >= 0.3 is 5.03 Å². The third-order valence-electron chi connectivity index (χ3n) is 2.52. The first-order valence-electron chi connectivity index (χ1n) is 5.50. The molecule has 1 aromatic carbocycles. The molecule has 0 unspecified atom stereocenters. The molecule has 0 saturated heterocycles. The van der Waals surface area contributed by atoms with Crippen LogP contribution in [-0.4, -0.2) is 20.0 Å². The molecule has 0 aliphatic carbocycles. The zero-order valence-electron chi connectivity index (χ0n) is 9.89. The number of hydrogen-bond acceptors (Lipinski definition) is 4. The van der Waals surface area contributed by atoms with Crippen molar-refractivity contribution in [1.82, 2.24) is 0 Å². The number of benzene rings is 1. The van der Waals surface area contributed by atoms with Gasteiger partial charge in [-0.05, 0) is 6.07 Å². The summed E-state index contributed by atoms with van der Waals surface area (Å²) in [7, 11) is -3.94. The Hall–Kier alpha value is -2.21. The van der Waals surface area contributed by atoms with Crippen molar-refractivity contribution in [2.45, 2.75) is 5.03 Å². The Morgan fingerprint density at radius 1 is 1.05 bits per heavy atom. The first kappa shape index (κ1) is 13.2. The molecular formula is C13H11NO4S. The summed E-state index contributed by atoms with van der Waals surface area (Å²) in [4.78, 5) is 11.9. The molecular weight excluding hydrogens is 266 g/mol. The van der Waals surface area contributed by atoms with Gasteiger partial charge in [-0.2, -0.15) is 4.73 Å². The predicted octanol–water partition coefficient (Wildman–Crippen LogP) is 0.977. The van der Waals surface area contributed by atoms with Gasteiger partial charge < -0.3 is 5.21 Å². The van der Waals surface area contributed by atoms with Crippen LogP contribution in [0.25, 0.3) is 0 Å². The van der Waals surface area contributed by atoms with Gasteiger partial charge in [0.05, 0.1) is 0 Å². The van der Waals surface area contributed by atoms with Crippen molar-refractivity contribution in [3.8, 4) is 0 Å². The number of ketones is 1. The molecule has 6 heteroatoms. The second-order valence-corrected chi connectivity index (χ2v) is 5.85. The summed E-state index contributed by atoms with van der Waals surface area (Å²) in [6.07, 6.45) is 1.08. The number of carbonyl (C=O) groups is 1. The van der Waals surface area contributed by atoms with Gasteiger partial charge in [0.15, 0.2) is 12.0 Å². The van der Waals surface area contributed by atoms with E-state index >= 15 is 0 Å². The van der Waals surface area contributed by atoms with Crippen molar-refractivity contribution in [2.75, 3.05) is 5.75 Å². The first-order chi connectivity index (χ1) is 9.00. The van der Waals surface area contributed by atoms with Crippen LogP contribution >= 0.6 is 0 Å². The Balaban J connectivity index is 2.29. The summed E-state index contributed by atoms with van der Waals surface area (Å²) in [6, 6.07) is 12.1. The van der Waals surface area contributed by atoms with Crippen molar-refractivity contribution < 1.29 is 17.9 Å². The highest BCUT2D eigenvalue weighted by atomic mass is 32.2. The predicted molar refractivity (Wildman–Crippen MR) is 68.2 cm³/mol. The molecule has 0 aliphatic heterocycles. The monoisotopic (exact) mass is 277 g/mol. The lowest BCUT2D eigenvalue weighted by atomic mass is 10.2. The zero-order chi connectivity index (χ0) is 13.9. The van der Waals surface area contributed by atoms with Gasteiger partial charge in [-0.3, -0.25) is 4.79 Å². The number of sulfone groups is 1.